The van der Waals surface area contributed by atoms with Crippen LogP contribution in [0, 0.1) is 6.92 Å². The lowest BCUT2D eigenvalue weighted by molar-refractivity contribution is -0.137. The van der Waals surface area contributed by atoms with Crippen molar-refractivity contribution in [3.63, 3.8) is 0 Å². The standard InChI is InChI=1S/C15H20O4/c1-12-8-10-13(11-9-12)19-15(18)7-5-3-2-4-6-14(16)17/h8-11H,2-7H2,1H3,(H,16,17). The lowest BCUT2D eigenvalue weighted by Gasteiger charge is -2.04. The molecule has 0 saturated carbocycles. The van der Waals surface area contributed by atoms with Crippen LogP contribution in [0.15, 0.2) is 24.3 Å². The number of carbonyl (C=O) groups is 2. The van der Waals surface area contributed by atoms with Gasteiger partial charge in [-0.25, -0.2) is 0 Å². The first-order valence-corrected chi connectivity index (χ1v) is 6.57. The van der Waals surface area contributed by atoms with Gasteiger partial charge in [0.15, 0.2) is 0 Å². The minimum absolute atomic E-state index is 0.202. The first-order valence-electron chi connectivity index (χ1n) is 6.57. The number of unbranched alkanes of at least 4 members (excludes halogenated alkanes) is 3. The smallest absolute Gasteiger partial charge is 0.311 e. The van der Waals surface area contributed by atoms with Crippen LogP contribution in [0.2, 0.25) is 0 Å². The van der Waals surface area contributed by atoms with E-state index in [1.807, 2.05) is 19.1 Å². The maximum atomic E-state index is 11.5. The van der Waals surface area contributed by atoms with Crippen LogP contribution >= 0.6 is 0 Å². The zero-order chi connectivity index (χ0) is 14.1. The zero-order valence-electron chi connectivity index (χ0n) is 11.2. The van der Waals surface area contributed by atoms with Gasteiger partial charge in [-0.15, -0.1) is 0 Å². The molecule has 0 unspecified atom stereocenters. The van der Waals surface area contributed by atoms with Gasteiger partial charge in [-0.05, 0) is 31.9 Å². The number of carbonyl (C=O) groups excluding carboxylic acids is 1. The SMILES string of the molecule is Cc1ccc(OC(=O)CCCCCCC(=O)O)cc1. The summed E-state index contributed by atoms with van der Waals surface area (Å²) in [5.41, 5.74) is 1.12. The Labute approximate surface area is 113 Å². The fraction of sp³-hybridized carbons (Fsp3) is 0.467. The summed E-state index contributed by atoms with van der Waals surface area (Å²) >= 11 is 0. The van der Waals surface area contributed by atoms with Crippen LogP contribution in [0.4, 0.5) is 0 Å². The molecule has 0 atom stereocenters. The molecule has 19 heavy (non-hydrogen) atoms. The number of carboxylic acid groups (broad SMARTS) is 1. The van der Waals surface area contributed by atoms with Crippen LogP contribution in [0.1, 0.15) is 44.1 Å². The number of aliphatic carboxylic acids is 1. The largest absolute Gasteiger partial charge is 0.481 e. The third-order valence-corrected chi connectivity index (χ3v) is 2.77. The van der Waals surface area contributed by atoms with E-state index in [9.17, 15) is 9.59 Å². The van der Waals surface area contributed by atoms with Crippen molar-refractivity contribution in [2.45, 2.75) is 45.4 Å². The lowest BCUT2D eigenvalue weighted by atomic mass is 10.1. The number of ether oxygens (including phenoxy) is 1. The molecular formula is C15H20O4. The third kappa shape index (κ3) is 7.24. The summed E-state index contributed by atoms with van der Waals surface area (Å²) in [6, 6.07) is 7.35. The van der Waals surface area contributed by atoms with Crippen molar-refractivity contribution in [3.8, 4) is 5.75 Å². The molecule has 4 heteroatoms. The lowest BCUT2D eigenvalue weighted by Crippen LogP contribution is -2.07. The zero-order valence-corrected chi connectivity index (χ0v) is 11.2. The Morgan fingerprint density at radius 2 is 1.58 bits per heavy atom. The van der Waals surface area contributed by atoms with Gasteiger partial charge < -0.3 is 9.84 Å². The van der Waals surface area contributed by atoms with Gasteiger partial charge in [0, 0.05) is 12.8 Å². The fourth-order valence-electron chi connectivity index (χ4n) is 1.69. The highest BCUT2D eigenvalue weighted by atomic mass is 16.5. The predicted octanol–water partition coefficient (Wildman–Crippen LogP) is 3.33. The molecule has 0 aliphatic heterocycles. The highest BCUT2D eigenvalue weighted by Gasteiger charge is 2.04. The summed E-state index contributed by atoms with van der Waals surface area (Å²) in [4.78, 5) is 21.8. The highest BCUT2D eigenvalue weighted by Crippen LogP contribution is 2.13. The topological polar surface area (TPSA) is 63.6 Å². The molecule has 1 aromatic carbocycles. The van der Waals surface area contributed by atoms with E-state index in [1.165, 1.54) is 0 Å². The van der Waals surface area contributed by atoms with E-state index in [2.05, 4.69) is 0 Å². The first-order chi connectivity index (χ1) is 9.08. The quantitative estimate of drug-likeness (QED) is 0.444. The van der Waals surface area contributed by atoms with E-state index in [0.717, 1.165) is 24.8 Å². The fourth-order valence-corrected chi connectivity index (χ4v) is 1.69. The number of aryl methyl sites for hydroxylation is 1. The van der Waals surface area contributed by atoms with Crippen molar-refractivity contribution in [1.82, 2.24) is 0 Å². The Balaban J connectivity index is 2.11. The van der Waals surface area contributed by atoms with Crippen LogP contribution in [0.25, 0.3) is 0 Å². The molecule has 4 nitrogen and oxygen atoms in total. The van der Waals surface area contributed by atoms with Crippen molar-refractivity contribution in [1.29, 1.82) is 0 Å². The Morgan fingerprint density at radius 1 is 1.00 bits per heavy atom. The van der Waals surface area contributed by atoms with E-state index in [4.69, 9.17) is 9.84 Å². The first kappa shape index (κ1) is 15.2. The van der Waals surface area contributed by atoms with Gasteiger partial charge in [-0.2, -0.15) is 0 Å². The minimum atomic E-state index is -0.765. The molecule has 0 spiro atoms. The van der Waals surface area contributed by atoms with Gasteiger partial charge in [-0.3, -0.25) is 9.59 Å². The second-order valence-corrected chi connectivity index (χ2v) is 4.60. The molecular weight excluding hydrogens is 244 g/mol. The van der Waals surface area contributed by atoms with Gasteiger partial charge in [0.2, 0.25) is 0 Å². The average molecular weight is 264 g/mol. The summed E-state index contributed by atoms with van der Waals surface area (Å²) in [7, 11) is 0. The summed E-state index contributed by atoms with van der Waals surface area (Å²) < 4.78 is 5.18. The Hall–Kier alpha value is -1.84. The normalized spacial score (nSPS) is 10.2. The van der Waals surface area contributed by atoms with Gasteiger partial charge in [0.05, 0.1) is 0 Å². The summed E-state index contributed by atoms with van der Waals surface area (Å²) in [6.45, 7) is 1.97. The van der Waals surface area contributed by atoms with Crippen LogP contribution in [-0.2, 0) is 9.59 Å². The van der Waals surface area contributed by atoms with Crippen molar-refractivity contribution >= 4 is 11.9 Å². The van der Waals surface area contributed by atoms with Crippen LogP contribution in [-0.4, -0.2) is 17.0 Å². The van der Waals surface area contributed by atoms with Gasteiger partial charge in [0.25, 0.3) is 0 Å². The monoisotopic (exact) mass is 264 g/mol. The van der Waals surface area contributed by atoms with E-state index >= 15 is 0 Å². The summed E-state index contributed by atoms with van der Waals surface area (Å²) in [6.07, 6.45) is 3.68. The van der Waals surface area contributed by atoms with E-state index in [1.54, 1.807) is 12.1 Å². The van der Waals surface area contributed by atoms with Crippen LogP contribution in [0.3, 0.4) is 0 Å². The molecule has 0 aliphatic rings. The number of benzene rings is 1. The van der Waals surface area contributed by atoms with E-state index in [-0.39, 0.29) is 12.4 Å². The molecule has 1 aromatic rings. The van der Waals surface area contributed by atoms with Crippen molar-refractivity contribution < 1.29 is 19.4 Å². The van der Waals surface area contributed by atoms with E-state index < -0.39 is 5.97 Å². The number of hydrogen-bond donors (Lipinski definition) is 1. The number of esters is 1. The van der Waals surface area contributed by atoms with Gasteiger partial charge in [-0.1, -0.05) is 30.5 Å². The summed E-state index contributed by atoms with van der Waals surface area (Å²) in [5.74, 6) is -0.428. The van der Waals surface area contributed by atoms with Crippen molar-refractivity contribution in [2.24, 2.45) is 0 Å². The molecule has 0 radical (unpaired) electrons. The third-order valence-electron chi connectivity index (χ3n) is 2.77. The Kier molecular flexibility index (Phi) is 6.64. The molecule has 0 aliphatic carbocycles. The predicted molar refractivity (Wildman–Crippen MR) is 72.2 cm³/mol. The molecule has 1 N–H and O–H groups in total. The molecule has 0 heterocycles. The molecule has 0 aromatic heterocycles. The molecule has 0 amide bonds. The number of hydrogen-bond acceptors (Lipinski definition) is 3. The molecule has 0 fully saturated rings. The maximum Gasteiger partial charge on any atom is 0.311 e. The second-order valence-electron chi connectivity index (χ2n) is 4.60. The maximum absolute atomic E-state index is 11.5. The second kappa shape index (κ2) is 8.29. The molecule has 0 bridgehead atoms. The Bertz CT molecular complexity index is 409. The Morgan fingerprint density at radius 3 is 2.16 bits per heavy atom. The van der Waals surface area contributed by atoms with Crippen LogP contribution in [0.5, 0.6) is 5.75 Å². The highest BCUT2D eigenvalue weighted by molar-refractivity contribution is 5.72. The van der Waals surface area contributed by atoms with Crippen LogP contribution < -0.4 is 4.74 Å². The van der Waals surface area contributed by atoms with E-state index in [0.29, 0.717) is 18.6 Å². The number of carboxylic acids is 1. The average Bonchev–Trinajstić information content (AvgIpc) is 2.36. The number of rotatable bonds is 8. The van der Waals surface area contributed by atoms with Crippen molar-refractivity contribution in [3.05, 3.63) is 29.8 Å². The van der Waals surface area contributed by atoms with Gasteiger partial charge >= 0.3 is 11.9 Å². The molecule has 0 saturated heterocycles. The summed E-state index contributed by atoms with van der Waals surface area (Å²) in [5, 5.41) is 8.47. The molecule has 104 valence electrons. The minimum Gasteiger partial charge on any atom is -0.481 e. The molecule has 1 rings (SSSR count). The van der Waals surface area contributed by atoms with Gasteiger partial charge in [0.1, 0.15) is 5.75 Å². The van der Waals surface area contributed by atoms with Crippen molar-refractivity contribution in [2.75, 3.05) is 0 Å².